The minimum Gasteiger partial charge on any atom is -0.490 e. The predicted molar refractivity (Wildman–Crippen MR) is 165 cm³/mol. The Hall–Kier alpha value is -4.35. The van der Waals surface area contributed by atoms with Gasteiger partial charge in [-0.2, -0.15) is 5.26 Å². The Bertz CT molecular complexity index is 1730. The number of rotatable bonds is 9. The van der Waals surface area contributed by atoms with E-state index in [2.05, 4.69) is 6.07 Å². The fourth-order valence-electron chi connectivity index (χ4n) is 4.56. The van der Waals surface area contributed by atoms with Gasteiger partial charge in [0.05, 0.1) is 28.1 Å². The number of carbonyl (C=O) groups excluding carboxylic acids is 1. The summed E-state index contributed by atoms with van der Waals surface area (Å²) in [6.07, 6.45) is 0.775. The Morgan fingerprint density at radius 2 is 1.70 bits per heavy atom. The molecule has 1 aliphatic rings. The van der Waals surface area contributed by atoms with E-state index in [0.29, 0.717) is 41.0 Å². The molecule has 2 N–H and O–H groups in total. The maximum Gasteiger partial charge on any atom is 0.343 e. The summed E-state index contributed by atoms with van der Waals surface area (Å²) in [5, 5.41) is 11.0. The van der Waals surface area contributed by atoms with Crippen molar-refractivity contribution in [3.8, 4) is 29.1 Å². The van der Waals surface area contributed by atoms with Crippen LogP contribution in [0.5, 0.6) is 23.0 Å². The first-order valence-electron chi connectivity index (χ1n) is 13.3. The Balaban J connectivity index is 1.38. The van der Waals surface area contributed by atoms with Gasteiger partial charge in [0.15, 0.2) is 5.75 Å². The quantitative estimate of drug-likeness (QED) is 0.145. The molecule has 0 aromatic heterocycles. The molecule has 0 amide bonds. The Labute approximate surface area is 263 Å². The molecule has 0 aliphatic carbocycles. The molecule has 4 aromatic carbocycles. The van der Waals surface area contributed by atoms with E-state index in [9.17, 15) is 10.1 Å². The highest BCUT2D eigenvalue weighted by atomic mass is 35.5. The van der Waals surface area contributed by atoms with Crippen molar-refractivity contribution >= 4 is 40.8 Å². The van der Waals surface area contributed by atoms with E-state index in [0.717, 1.165) is 17.5 Å². The number of nitrogens with zero attached hydrogens (tertiary/aromatic N) is 1. The summed E-state index contributed by atoms with van der Waals surface area (Å²) in [5.41, 5.74) is 8.99. The molecule has 0 bridgehead atoms. The van der Waals surface area contributed by atoms with E-state index >= 15 is 0 Å². The highest BCUT2D eigenvalue weighted by molar-refractivity contribution is 6.37. The Kier molecular flexibility index (Phi) is 9.32. The van der Waals surface area contributed by atoms with Crippen LogP contribution in [0.3, 0.4) is 0 Å². The molecular weight excluding hydrogens is 611 g/mol. The maximum absolute atomic E-state index is 13.0. The van der Waals surface area contributed by atoms with Gasteiger partial charge in [-0.15, -0.1) is 0 Å². The van der Waals surface area contributed by atoms with Crippen molar-refractivity contribution in [2.24, 2.45) is 5.73 Å². The van der Waals surface area contributed by atoms with Crippen LogP contribution in [0.2, 0.25) is 15.1 Å². The van der Waals surface area contributed by atoms with Crippen LogP contribution in [0.25, 0.3) is 0 Å². The molecule has 0 radical (unpaired) electrons. The predicted octanol–water partition coefficient (Wildman–Crippen LogP) is 8.45. The van der Waals surface area contributed by atoms with Crippen LogP contribution in [0.15, 0.2) is 90.3 Å². The summed E-state index contributed by atoms with van der Waals surface area (Å²) in [5.74, 6) is 0.219. The van der Waals surface area contributed by atoms with Gasteiger partial charge in [0.25, 0.3) is 0 Å². The van der Waals surface area contributed by atoms with Gasteiger partial charge in [-0.25, -0.2) is 4.79 Å². The van der Waals surface area contributed by atoms with Crippen LogP contribution in [0, 0.1) is 11.3 Å². The monoisotopic (exact) mass is 634 g/mol. The molecule has 0 saturated carbocycles. The number of fused-ring (bicyclic) bond motifs is 1. The molecule has 1 unspecified atom stereocenters. The molecular formula is C33H25Cl3N2O5. The van der Waals surface area contributed by atoms with Gasteiger partial charge in [-0.3, -0.25) is 0 Å². The molecule has 43 heavy (non-hydrogen) atoms. The lowest BCUT2D eigenvalue weighted by molar-refractivity contribution is 0.0734. The molecule has 1 heterocycles. The number of benzene rings is 4. The number of hydrogen-bond donors (Lipinski definition) is 1. The standard InChI is InChI=1S/C33H25Cl3N2O5/c1-2-12-40-31-27(35)14-21(15-28(31)36)33(39)42-24-10-11-25-29(16-24)43-32(38)26(17-37)30(25)20-4-3-5-23(13-20)41-18-19-6-8-22(34)9-7-19/h3-11,13-16,30H,2,12,18,38H2,1H3. The van der Waals surface area contributed by atoms with E-state index in [1.165, 1.54) is 12.1 Å². The second kappa shape index (κ2) is 13.3. The third-order valence-corrected chi connectivity index (χ3v) is 7.41. The van der Waals surface area contributed by atoms with Crippen molar-refractivity contribution in [2.75, 3.05) is 6.61 Å². The highest BCUT2D eigenvalue weighted by Crippen LogP contribution is 2.44. The Morgan fingerprint density at radius 3 is 2.40 bits per heavy atom. The number of nitrogens with two attached hydrogens (primary N) is 1. The zero-order valence-corrected chi connectivity index (χ0v) is 25.2. The lowest BCUT2D eigenvalue weighted by Gasteiger charge is -2.27. The zero-order chi connectivity index (χ0) is 30.5. The first-order valence-corrected chi connectivity index (χ1v) is 14.4. The first-order chi connectivity index (χ1) is 20.8. The minimum absolute atomic E-state index is 0.0443. The van der Waals surface area contributed by atoms with Crippen molar-refractivity contribution in [2.45, 2.75) is 25.9 Å². The summed E-state index contributed by atoms with van der Waals surface area (Å²) >= 11 is 18.6. The first kappa shape index (κ1) is 30.1. The summed E-state index contributed by atoms with van der Waals surface area (Å²) in [6, 6.07) is 24.8. The Morgan fingerprint density at radius 1 is 0.953 bits per heavy atom. The molecule has 0 spiro atoms. The molecule has 1 atom stereocenters. The maximum atomic E-state index is 13.0. The number of hydrogen-bond acceptors (Lipinski definition) is 7. The molecule has 218 valence electrons. The number of nitriles is 1. The summed E-state index contributed by atoms with van der Waals surface area (Å²) in [7, 11) is 0. The van der Waals surface area contributed by atoms with Gasteiger partial charge >= 0.3 is 5.97 Å². The number of carbonyl (C=O) groups is 1. The summed E-state index contributed by atoms with van der Waals surface area (Å²) < 4.78 is 23.0. The highest BCUT2D eigenvalue weighted by Gasteiger charge is 2.31. The molecule has 7 nitrogen and oxygen atoms in total. The van der Waals surface area contributed by atoms with Gasteiger partial charge in [0, 0.05) is 16.7 Å². The molecule has 0 saturated heterocycles. The molecule has 5 rings (SSSR count). The van der Waals surface area contributed by atoms with Crippen LogP contribution < -0.4 is 24.7 Å². The van der Waals surface area contributed by atoms with E-state index in [4.69, 9.17) is 59.5 Å². The second-order valence-electron chi connectivity index (χ2n) is 9.62. The van der Waals surface area contributed by atoms with Crippen LogP contribution in [0.1, 0.15) is 46.3 Å². The lowest BCUT2D eigenvalue weighted by atomic mass is 9.83. The fourth-order valence-corrected chi connectivity index (χ4v) is 5.28. The van der Waals surface area contributed by atoms with Crippen molar-refractivity contribution < 1.29 is 23.7 Å². The summed E-state index contributed by atoms with van der Waals surface area (Å²) in [6.45, 7) is 2.73. The number of halogens is 3. The second-order valence-corrected chi connectivity index (χ2v) is 10.9. The third-order valence-electron chi connectivity index (χ3n) is 6.60. The molecule has 1 aliphatic heterocycles. The third kappa shape index (κ3) is 6.84. The minimum atomic E-state index is -0.676. The average molecular weight is 636 g/mol. The zero-order valence-electron chi connectivity index (χ0n) is 22.9. The largest absolute Gasteiger partial charge is 0.490 e. The van der Waals surface area contributed by atoms with Crippen LogP contribution in [-0.4, -0.2) is 12.6 Å². The van der Waals surface area contributed by atoms with Crippen molar-refractivity contribution in [3.05, 3.63) is 128 Å². The van der Waals surface area contributed by atoms with Crippen LogP contribution >= 0.6 is 34.8 Å². The van der Waals surface area contributed by atoms with Crippen molar-refractivity contribution in [1.29, 1.82) is 5.26 Å². The van der Waals surface area contributed by atoms with Gasteiger partial charge in [0.1, 0.15) is 35.5 Å². The SMILES string of the molecule is CCCOc1c(Cl)cc(C(=O)Oc2ccc3c(c2)OC(N)=C(C#N)C3c2cccc(OCc3ccc(Cl)cc3)c2)cc1Cl. The van der Waals surface area contributed by atoms with E-state index in [1.807, 2.05) is 43.3 Å². The van der Waals surface area contributed by atoms with Crippen LogP contribution in [-0.2, 0) is 6.61 Å². The van der Waals surface area contributed by atoms with E-state index < -0.39 is 11.9 Å². The van der Waals surface area contributed by atoms with Gasteiger partial charge in [0.2, 0.25) is 5.88 Å². The molecule has 4 aromatic rings. The van der Waals surface area contributed by atoms with E-state index in [1.54, 1.807) is 30.3 Å². The normalized spacial score (nSPS) is 13.9. The fraction of sp³-hybridized carbons (Fsp3) is 0.152. The van der Waals surface area contributed by atoms with Gasteiger partial charge < -0.3 is 24.7 Å². The van der Waals surface area contributed by atoms with Crippen LogP contribution in [0.4, 0.5) is 0 Å². The van der Waals surface area contributed by atoms with Crippen molar-refractivity contribution in [3.63, 3.8) is 0 Å². The van der Waals surface area contributed by atoms with Gasteiger partial charge in [-0.05, 0) is 60.0 Å². The van der Waals surface area contributed by atoms with Gasteiger partial charge in [-0.1, -0.05) is 72.1 Å². The number of esters is 1. The lowest BCUT2D eigenvalue weighted by Crippen LogP contribution is -2.21. The molecule has 0 fully saturated rings. The molecule has 10 heteroatoms. The summed E-state index contributed by atoms with van der Waals surface area (Å²) in [4.78, 5) is 13.0. The topological polar surface area (TPSA) is 104 Å². The average Bonchev–Trinajstić information content (AvgIpc) is 2.99. The van der Waals surface area contributed by atoms with Crippen molar-refractivity contribution in [1.82, 2.24) is 0 Å². The number of allylic oxidation sites excluding steroid dienone is 1. The smallest absolute Gasteiger partial charge is 0.343 e. The van der Waals surface area contributed by atoms with E-state index in [-0.39, 0.29) is 32.8 Å². The number of ether oxygens (including phenoxy) is 4.